The summed E-state index contributed by atoms with van der Waals surface area (Å²) in [6.45, 7) is 8.34. The average Bonchev–Trinajstić information content (AvgIpc) is 2.77. The summed E-state index contributed by atoms with van der Waals surface area (Å²) in [7, 11) is -4.34. The number of ether oxygens (including phenoxy) is 1. The summed E-state index contributed by atoms with van der Waals surface area (Å²) in [5.74, 6) is -0.138. The van der Waals surface area contributed by atoms with Gasteiger partial charge < -0.3 is 15.2 Å². The summed E-state index contributed by atoms with van der Waals surface area (Å²) >= 11 is 0. The van der Waals surface area contributed by atoms with Crippen LogP contribution in [-0.4, -0.2) is 59.7 Å². The molecule has 10 nitrogen and oxygen atoms in total. The number of aliphatic hydroxyl groups excluding tert-OH is 1. The molecule has 2 aromatic carbocycles. The number of nitro groups is 1. The van der Waals surface area contributed by atoms with E-state index in [4.69, 9.17) is 4.74 Å². The topological polar surface area (TPSA) is 139 Å². The van der Waals surface area contributed by atoms with Gasteiger partial charge in [-0.3, -0.25) is 10.1 Å². The van der Waals surface area contributed by atoms with Gasteiger partial charge in [-0.2, -0.15) is 4.31 Å². The number of nitro benzene ring substituents is 1. The van der Waals surface area contributed by atoms with Gasteiger partial charge in [-0.05, 0) is 44.7 Å². The minimum absolute atomic E-state index is 0.00986. The van der Waals surface area contributed by atoms with Crippen molar-refractivity contribution in [3.05, 3.63) is 70.3 Å². The Kier molecular flexibility index (Phi) is 9.97. The lowest BCUT2D eigenvalue weighted by atomic mass is 10.0. The number of nitrogens with zero attached hydrogens (tertiary/aromatic N) is 2. The lowest BCUT2D eigenvalue weighted by molar-refractivity contribution is -0.387. The number of nitrogens with one attached hydrogen (secondary N) is 1. The Morgan fingerprint density at radius 2 is 1.67 bits per heavy atom. The first-order chi connectivity index (χ1) is 16.7. The third-order valence-electron chi connectivity index (χ3n) is 5.10. The van der Waals surface area contributed by atoms with E-state index in [0.717, 1.165) is 15.9 Å². The zero-order valence-corrected chi connectivity index (χ0v) is 22.1. The number of carbonyl (C=O) groups excluding carboxylic acids is 1. The van der Waals surface area contributed by atoms with Crippen LogP contribution in [-0.2, 0) is 21.2 Å². The van der Waals surface area contributed by atoms with Crippen LogP contribution in [0.3, 0.4) is 0 Å². The monoisotopic (exact) mass is 521 g/mol. The van der Waals surface area contributed by atoms with Crippen LogP contribution in [0, 0.1) is 16.0 Å². The summed E-state index contributed by atoms with van der Waals surface area (Å²) in [4.78, 5) is 22.8. The molecule has 2 unspecified atom stereocenters. The summed E-state index contributed by atoms with van der Waals surface area (Å²) in [5, 5.41) is 25.3. The van der Waals surface area contributed by atoms with E-state index >= 15 is 0 Å². The molecule has 36 heavy (non-hydrogen) atoms. The van der Waals surface area contributed by atoms with E-state index in [-0.39, 0.29) is 25.4 Å². The lowest BCUT2D eigenvalue weighted by Crippen LogP contribution is -2.52. The molecule has 0 heterocycles. The maximum atomic E-state index is 13.5. The maximum absolute atomic E-state index is 13.5. The van der Waals surface area contributed by atoms with Crippen molar-refractivity contribution in [3.8, 4) is 0 Å². The summed E-state index contributed by atoms with van der Waals surface area (Å²) in [5.41, 5.74) is -0.506. The molecule has 198 valence electrons. The Labute approximate surface area is 212 Å². The molecular formula is C25H35N3O7S. The molecule has 2 atom stereocenters. The van der Waals surface area contributed by atoms with E-state index in [1.807, 2.05) is 30.3 Å². The second-order valence-electron chi connectivity index (χ2n) is 9.95. The fourth-order valence-corrected chi connectivity index (χ4v) is 5.37. The third kappa shape index (κ3) is 8.58. The normalized spacial score (nSPS) is 13.9. The van der Waals surface area contributed by atoms with E-state index in [2.05, 4.69) is 5.32 Å². The van der Waals surface area contributed by atoms with Crippen molar-refractivity contribution in [2.45, 2.75) is 63.7 Å². The molecular weight excluding hydrogens is 486 g/mol. The summed E-state index contributed by atoms with van der Waals surface area (Å²) in [6.07, 6.45) is -1.88. The zero-order chi connectivity index (χ0) is 27.1. The van der Waals surface area contributed by atoms with Gasteiger partial charge in [-0.15, -0.1) is 0 Å². The molecule has 0 fully saturated rings. The largest absolute Gasteiger partial charge is 0.444 e. The van der Waals surface area contributed by atoms with Crippen LogP contribution in [0.15, 0.2) is 59.5 Å². The van der Waals surface area contributed by atoms with E-state index < -0.39 is 49.4 Å². The predicted octanol–water partition coefficient (Wildman–Crippen LogP) is 3.74. The van der Waals surface area contributed by atoms with Gasteiger partial charge >= 0.3 is 6.09 Å². The Balaban J connectivity index is 2.39. The molecule has 2 N–H and O–H groups in total. The maximum Gasteiger partial charge on any atom is 0.407 e. The molecule has 0 aliphatic rings. The molecule has 0 aliphatic heterocycles. The first-order valence-electron chi connectivity index (χ1n) is 11.7. The predicted molar refractivity (Wildman–Crippen MR) is 136 cm³/mol. The van der Waals surface area contributed by atoms with Crippen LogP contribution in [0.25, 0.3) is 0 Å². The molecule has 0 aromatic heterocycles. The highest BCUT2D eigenvalue weighted by Crippen LogP contribution is 2.27. The summed E-state index contributed by atoms with van der Waals surface area (Å²) < 4.78 is 33.4. The van der Waals surface area contributed by atoms with Gasteiger partial charge in [0.05, 0.1) is 17.1 Å². The molecule has 0 radical (unpaired) electrons. The van der Waals surface area contributed by atoms with Crippen molar-refractivity contribution in [2.75, 3.05) is 13.1 Å². The van der Waals surface area contributed by atoms with E-state index in [9.17, 15) is 28.4 Å². The molecule has 11 heteroatoms. The van der Waals surface area contributed by atoms with Crippen LogP contribution in [0.5, 0.6) is 0 Å². The highest BCUT2D eigenvalue weighted by atomic mass is 32.2. The number of hydrogen-bond acceptors (Lipinski definition) is 7. The molecule has 0 saturated heterocycles. The van der Waals surface area contributed by atoms with Gasteiger partial charge in [0.2, 0.25) is 10.0 Å². The van der Waals surface area contributed by atoms with Crippen LogP contribution in [0.1, 0.15) is 40.2 Å². The van der Waals surface area contributed by atoms with Crippen LogP contribution in [0.2, 0.25) is 0 Å². The van der Waals surface area contributed by atoms with Gasteiger partial charge in [-0.1, -0.05) is 56.3 Å². The molecule has 0 spiro atoms. The van der Waals surface area contributed by atoms with Crippen molar-refractivity contribution in [1.29, 1.82) is 0 Å². The van der Waals surface area contributed by atoms with E-state index in [1.165, 1.54) is 18.2 Å². The van der Waals surface area contributed by atoms with Gasteiger partial charge in [0.15, 0.2) is 4.90 Å². The lowest BCUT2D eigenvalue weighted by Gasteiger charge is -2.31. The number of carbonyl (C=O) groups is 1. The molecule has 0 saturated carbocycles. The molecule has 2 aromatic rings. The number of amides is 1. The second kappa shape index (κ2) is 12.3. The Morgan fingerprint density at radius 3 is 2.22 bits per heavy atom. The van der Waals surface area contributed by atoms with Gasteiger partial charge in [-0.25, -0.2) is 13.2 Å². The average molecular weight is 522 g/mol. The van der Waals surface area contributed by atoms with Crippen molar-refractivity contribution in [1.82, 2.24) is 9.62 Å². The third-order valence-corrected chi connectivity index (χ3v) is 6.98. The van der Waals surface area contributed by atoms with Crippen molar-refractivity contribution < 1.29 is 28.0 Å². The van der Waals surface area contributed by atoms with E-state index in [1.54, 1.807) is 34.6 Å². The Hall–Kier alpha value is -3.02. The van der Waals surface area contributed by atoms with Crippen molar-refractivity contribution in [3.63, 3.8) is 0 Å². The number of rotatable bonds is 11. The van der Waals surface area contributed by atoms with Crippen molar-refractivity contribution in [2.24, 2.45) is 5.92 Å². The van der Waals surface area contributed by atoms with Gasteiger partial charge in [0.25, 0.3) is 5.69 Å². The number of alkyl carbamates (subject to hydrolysis) is 1. The number of para-hydroxylation sites is 1. The van der Waals surface area contributed by atoms with Gasteiger partial charge in [0.1, 0.15) is 5.60 Å². The SMILES string of the molecule is CC(C)CN(CC(O)C(Cc1ccccc1)NC(=O)OC(C)(C)C)S(=O)(=O)c1ccccc1[N+](=O)[O-]. The van der Waals surface area contributed by atoms with Crippen LogP contribution < -0.4 is 5.32 Å². The first-order valence-corrected chi connectivity index (χ1v) is 13.1. The van der Waals surface area contributed by atoms with Crippen LogP contribution >= 0.6 is 0 Å². The molecule has 0 aliphatic carbocycles. The number of hydrogen-bond donors (Lipinski definition) is 2. The number of benzene rings is 2. The first kappa shape index (κ1) is 29.2. The molecule has 2 rings (SSSR count). The molecule has 1 amide bonds. The quantitative estimate of drug-likeness (QED) is 0.339. The fourth-order valence-electron chi connectivity index (χ4n) is 3.59. The molecule has 0 bridgehead atoms. The Morgan fingerprint density at radius 1 is 1.08 bits per heavy atom. The number of aliphatic hydroxyl groups is 1. The van der Waals surface area contributed by atoms with E-state index in [0.29, 0.717) is 0 Å². The summed E-state index contributed by atoms with van der Waals surface area (Å²) in [6, 6.07) is 13.3. The highest BCUT2D eigenvalue weighted by Gasteiger charge is 2.35. The Bertz CT molecular complexity index is 1130. The fraction of sp³-hybridized carbons (Fsp3) is 0.480. The standard InChI is InChI=1S/C25H35N3O7S/c1-18(2)16-27(36(33,34)23-14-10-9-13-21(23)28(31)32)17-22(29)20(15-19-11-7-6-8-12-19)26-24(30)35-25(3,4)5/h6-14,18,20,22,29H,15-17H2,1-5H3,(H,26,30). The minimum Gasteiger partial charge on any atom is -0.444 e. The smallest absolute Gasteiger partial charge is 0.407 e. The number of sulfonamides is 1. The minimum atomic E-state index is -4.34. The highest BCUT2D eigenvalue weighted by molar-refractivity contribution is 7.89. The van der Waals surface area contributed by atoms with Crippen LogP contribution in [0.4, 0.5) is 10.5 Å². The second-order valence-corrected chi connectivity index (χ2v) is 11.9. The zero-order valence-electron chi connectivity index (χ0n) is 21.2. The van der Waals surface area contributed by atoms with Crippen molar-refractivity contribution >= 4 is 21.8 Å². The van der Waals surface area contributed by atoms with Gasteiger partial charge in [0, 0.05) is 19.2 Å².